The molecule has 0 radical (unpaired) electrons. The lowest BCUT2D eigenvalue weighted by Crippen LogP contribution is -2.38. The fourth-order valence-electron chi connectivity index (χ4n) is 2.23. The average Bonchev–Trinajstić information content (AvgIpc) is 2.85. The standard InChI is InChI=1S/C13H16N4O/c14-7-10-3-1-2-4-12(10)17-6-5-11(9-17)16-8-13(15)18/h1-4,11,16H,5-6,8-9H2,(H2,15,18). The molecule has 0 aliphatic carbocycles. The zero-order chi connectivity index (χ0) is 13.0. The van der Waals surface area contributed by atoms with E-state index in [0.717, 1.165) is 25.2 Å². The van der Waals surface area contributed by atoms with Gasteiger partial charge in [0.2, 0.25) is 5.91 Å². The Hall–Kier alpha value is -2.06. The summed E-state index contributed by atoms with van der Waals surface area (Å²) in [5.41, 5.74) is 6.75. The van der Waals surface area contributed by atoms with Gasteiger partial charge in [-0.1, -0.05) is 12.1 Å². The van der Waals surface area contributed by atoms with E-state index >= 15 is 0 Å². The Morgan fingerprint density at radius 3 is 3.06 bits per heavy atom. The van der Waals surface area contributed by atoms with Gasteiger partial charge >= 0.3 is 0 Å². The maximum absolute atomic E-state index is 10.7. The maximum atomic E-state index is 10.7. The predicted molar refractivity (Wildman–Crippen MR) is 69.0 cm³/mol. The molecular formula is C13H16N4O. The van der Waals surface area contributed by atoms with Crippen LogP contribution in [0, 0.1) is 11.3 Å². The summed E-state index contributed by atoms with van der Waals surface area (Å²) in [6, 6.07) is 10.0. The van der Waals surface area contributed by atoms with E-state index in [1.54, 1.807) is 0 Å². The van der Waals surface area contributed by atoms with Crippen LogP contribution in [0.1, 0.15) is 12.0 Å². The van der Waals surface area contributed by atoms with Gasteiger partial charge in [-0.3, -0.25) is 4.79 Å². The van der Waals surface area contributed by atoms with Crippen LogP contribution >= 0.6 is 0 Å². The summed E-state index contributed by atoms with van der Waals surface area (Å²) < 4.78 is 0. The first kappa shape index (κ1) is 12.4. The van der Waals surface area contributed by atoms with Crippen LogP contribution in [0.25, 0.3) is 0 Å². The van der Waals surface area contributed by atoms with Crippen molar-refractivity contribution < 1.29 is 4.79 Å². The molecule has 18 heavy (non-hydrogen) atoms. The Kier molecular flexibility index (Phi) is 3.80. The predicted octanol–water partition coefficient (Wildman–Crippen LogP) is 0.212. The fourth-order valence-corrected chi connectivity index (χ4v) is 2.23. The van der Waals surface area contributed by atoms with Crippen LogP contribution in [0.4, 0.5) is 5.69 Å². The Balaban J connectivity index is 2.00. The van der Waals surface area contributed by atoms with Crippen LogP contribution in [0.15, 0.2) is 24.3 Å². The van der Waals surface area contributed by atoms with Gasteiger partial charge in [-0.15, -0.1) is 0 Å². The lowest BCUT2D eigenvalue weighted by molar-refractivity contribution is -0.117. The molecule has 1 saturated heterocycles. The first-order valence-corrected chi connectivity index (χ1v) is 5.96. The molecule has 1 unspecified atom stereocenters. The van der Waals surface area contributed by atoms with Gasteiger partial charge in [0.15, 0.2) is 0 Å². The molecule has 5 heteroatoms. The normalized spacial score (nSPS) is 18.6. The van der Waals surface area contributed by atoms with Crippen LogP contribution in [-0.4, -0.2) is 31.6 Å². The largest absolute Gasteiger partial charge is 0.369 e. The van der Waals surface area contributed by atoms with Gasteiger partial charge in [-0.05, 0) is 18.6 Å². The van der Waals surface area contributed by atoms with Gasteiger partial charge in [-0.25, -0.2) is 0 Å². The van der Waals surface area contributed by atoms with Gasteiger partial charge in [0.25, 0.3) is 0 Å². The molecule has 0 aromatic heterocycles. The number of benzene rings is 1. The van der Waals surface area contributed by atoms with Crippen molar-refractivity contribution in [3.8, 4) is 6.07 Å². The fraction of sp³-hybridized carbons (Fsp3) is 0.385. The number of nitrogens with one attached hydrogen (secondary N) is 1. The number of nitrogens with two attached hydrogens (primary N) is 1. The van der Waals surface area contributed by atoms with Crippen molar-refractivity contribution in [3.63, 3.8) is 0 Å². The summed E-state index contributed by atoms with van der Waals surface area (Å²) in [5.74, 6) is -0.342. The summed E-state index contributed by atoms with van der Waals surface area (Å²) in [6.45, 7) is 1.89. The van der Waals surface area contributed by atoms with Gasteiger partial charge < -0.3 is 16.0 Å². The number of carbonyl (C=O) groups is 1. The second-order valence-corrected chi connectivity index (χ2v) is 4.41. The minimum atomic E-state index is -0.342. The molecule has 1 aromatic rings. The molecule has 1 fully saturated rings. The number of amides is 1. The highest BCUT2D eigenvalue weighted by atomic mass is 16.1. The number of anilines is 1. The molecule has 0 saturated carbocycles. The molecular weight excluding hydrogens is 228 g/mol. The molecule has 94 valence electrons. The average molecular weight is 244 g/mol. The molecule has 1 aliphatic heterocycles. The van der Waals surface area contributed by atoms with Crippen LogP contribution < -0.4 is 16.0 Å². The molecule has 3 N–H and O–H groups in total. The first-order chi connectivity index (χ1) is 8.70. The molecule has 1 aromatic carbocycles. The van der Waals surface area contributed by atoms with Crippen molar-refractivity contribution in [1.82, 2.24) is 5.32 Å². The van der Waals surface area contributed by atoms with E-state index in [1.807, 2.05) is 24.3 Å². The van der Waals surface area contributed by atoms with E-state index in [4.69, 9.17) is 11.0 Å². The zero-order valence-electron chi connectivity index (χ0n) is 10.1. The lowest BCUT2D eigenvalue weighted by atomic mass is 10.2. The number of carbonyl (C=O) groups excluding carboxylic acids is 1. The Labute approximate surface area is 106 Å². The first-order valence-electron chi connectivity index (χ1n) is 5.96. The highest BCUT2D eigenvalue weighted by molar-refractivity contribution is 5.75. The number of primary amides is 1. The van der Waals surface area contributed by atoms with Gasteiger partial charge in [0.05, 0.1) is 17.8 Å². The quantitative estimate of drug-likeness (QED) is 0.793. The Bertz CT molecular complexity index is 480. The smallest absolute Gasteiger partial charge is 0.231 e. The highest BCUT2D eigenvalue weighted by Crippen LogP contribution is 2.23. The third-order valence-electron chi connectivity index (χ3n) is 3.12. The van der Waals surface area contributed by atoms with Crippen molar-refractivity contribution >= 4 is 11.6 Å². The van der Waals surface area contributed by atoms with E-state index in [1.165, 1.54) is 0 Å². The monoisotopic (exact) mass is 244 g/mol. The zero-order valence-corrected chi connectivity index (χ0v) is 10.1. The van der Waals surface area contributed by atoms with E-state index in [9.17, 15) is 4.79 Å². The highest BCUT2D eigenvalue weighted by Gasteiger charge is 2.23. The van der Waals surface area contributed by atoms with Gasteiger partial charge in [0.1, 0.15) is 6.07 Å². The summed E-state index contributed by atoms with van der Waals surface area (Å²) >= 11 is 0. The van der Waals surface area contributed by atoms with E-state index in [-0.39, 0.29) is 18.5 Å². The number of para-hydroxylation sites is 1. The third-order valence-corrected chi connectivity index (χ3v) is 3.12. The van der Waals surface area contributed by atoms with Crippen molar-refractivity contribution in [3.05, 3.63) is 29.8 Å². The molecule has 1 atom stereocenters. The summed E-state index contributed by atoms with van der Waals surface area (Å²) in [5, 5.41) is 12.2. The van der Waals surface area contributed by atoms with E-state index < -0.39 is 0 Å². The lowest BCUT2D eigenvalue weighted by Gasteiger charge is -2.20. The molecule has 0 bridgehead atoms. The number of rotatable bonds is 4. The molecule has 5 nitrogen and oxygen atoms in total. The third kappa shape index (κ3) is 2.79. The van der Waals surface area contributed by atoms with Crippen LogP contribution in [0.5, 0.6) is 0 Å². The van der Waals surface area contributed by atoms with Crippen molar-refractivity contribution in [2.24, 2.45) is 5.73 Å². The summed E-state index contributed by atoms with van der Waals surface area (Å²) in [7, 11) is 0. The van der Waals surface area contributed by atoms with Crippen LogP contribution in [-0.2, 0) is 4.79 Å². The minimum Gasteiger partial charge on any atom is -0.369 e. The van der Waals surface area contributed by atoms with Crippen molar-refractivity contribution in [2.45, 2.75) is 12.5 Å². The Morgan fingerprint density at radius 1 is 1.56 bits per heavy atom. The van der Waals surface area contributed by atoms with Gasteiger partial charge in [0, 0.05) is 19.1 Å². The van der Waals surface area contributed by atoms with E-state index in [2.05, 4.69) is 16.3 Å². The molecule has 2 rings (SSSR count). The number of nitriles is 1. The molecule has 0 spiro atoms. The molecule has 1 amide bonds. The second kappa shape index (κ2) is 5.52. The number of hydrogen-bond acceptors (Lipinski definition) is 4. The molecule has 1 heterocycles. The van der Waals surface area contributed by atoms with Crippen molar-refractivity contribution in [2.75, 3.05) is 24.5 Å². The SMILES string of the molecule is N#Cc1ccccc1N1CCC(NCC(N)=O)C1. The van der Waals surface area contributed by atoms with E-state index in [0.29, 0.717) is 5.56 Å². The topological polar surface area (TPSA) is 82.2 Å². The van der Waals surface area contributed by atoms with Crippen LogP contribution in [0.3, 0.4) is 0 Å². The number of hydrogen-bond donors (Lipinski definition) is 2. The summed E-state index contributed by atoms with van der Waals surface area (Å²) in [6.07, 6.45) is 0.951. The molecule has 1 aliphatic rings. The van der Waals surface area contributed by atoms with Crippen molar-refractivity contribution in [1.29, 1.82) is 5.26 Å². The maximum Gasteiger partial charge on any atom is 0.231 e. The second-order valence-electron chi connectivity index (χ2n) is 4.41. The minimum absolute atomic E-state index is 0.207. The Morgan fingerprint density at radius 2 is 2.33 bits per heavy atom. The summed E-state index contributed by atoms with van der Waals surface area (Å²) in [4.78, 5) is 12.9. The van der Waals surface area contributed by atoms with Gasteiger partial charge in [-0.2, -0.15) is 5.26 Å². The number of nitrogens with zero attached hydrogens (tertiary/aromatic N) is 2. The van der Waals surface area contributed by atoms with Crippen LogP contribution in [0.2, 0.25) is 0 Å².